The van der Waals surface area contributed by atoms with Gasteiger partial charge in [-0.2, -0.15) is 0 Å². The Morgan fingerprint density at radius 1 is 0.750 bits per heavy atom. The molecule has 0 unspecified atom stereocenters. The quantitative estimate of drug-likeness (QED) is 0.275. The van der Waals surface area contributed by atoms with E-state index in [9.17, 15) is 5.11 Å². The fourth-order valence-electron chi connectivity index (χ4n) is 5.02. The summed E-state index contributed by atoms with van der Waals surface area (Å²) in [7, 11) is 0. The number of fused-ring (bicyclic) bond motifs is 3. The van der Waals surface area contributed by atoms with E-state index in [0.717, 1.165) is 38.5 Å². The number of aromatic hydroxyl groups is 1. The van der Waals surface area contributed by atoms with Gasteiger partial charge in [0.25, 0.3) is 0 Å². The maximum atomic E-state index is 10.4. The number of rotatable bonds is 2. The van der Waals surface area contributed by atoms with Gasteiger partial charge in [-0.1, -0.05) is 65.8 Å². The molecule has 0 aliphatic rings. The molecule has 36 heavy (non-hydrogen) atoms. The molecule has 0 saturated carbocycles. The number of hydrogen-bond donors (Lipinski definition) is 1. The number of phenolic OH excluding ortho intramolecular Hbond substituents is 1. The Hall–Kier alpha value is -3.59. The molecule has 0 fully saturated rings. The molecule has 0 aliphatic heterocycles. The first-order valence-corrected chi connectivity index (χ1v) is 12.5. The van der Waals surface area contributed by atoms with Crippen molar-refractivity contribution >= 4 is 21.8 Å². The lowest BCUT2D eigenvalue weighted by Gasteiger charge is -2.22. The molecule has 0 amide bonds. The van der Waals surface area contributed by atoms with Gasteiger partial charge in [-0.3, -0.25) is 4.57 Å². The van der Waals surface area contributed by atoms with E-state index in [4.69, 9.17) is 9.10 Å². The third kappa shape index (κ3) is 4.07. The predicted octanol–water partition coefficient (Wildman–Crippen LogP) is 8.76. The first-order valence-electron chi connectivity index (χ1n) is 14.0. The minimum Gasteiger partial charge on any atom is -0.508 e. The third-order valence-corrected chi connectivity index (χ3v) is 7.08. The van der Waals surface area contributed by atoms with Crippen LogP contribution in [0.3, 0.4) is 0 Å². The first-order chi connectivity index (χ1) is 18.1. The molecular weight excluding hydrogens is 440 g/mol. The van der Waals surface area contributed by atoms with E-state index in [0.29, 0.717) is 16.9 Å². The van der Waals surface area contributed by atoms with Crippen molar-refractivity contribution in [2.75, 3.05) is 0 Å². The van der Waals surface area contributed by atoms with Gasteiger partial charge in [0, 0.05) is 27.1 Å². The molecule has 0 aliphatic carbocycles. The summed E-state index contributed by atoms with van der Waals surface area (Å²) in [6.45, 7) is 12.6. The van der Waals surface area contributed by atoms with Crippen LogP contribution in [0.2, 0.25) is 0 Å². The van der Waals surface area contributed by atoms with Gasteiger partial charge in [-0.15, -0.1) is 0 Å². The highest BCUT2D eigenvalue weighted by atomic mass is 16.3. The van der Waals surface area contributed by atoms with Crippen LogP contribution < -0.4 is 0 Å². The van der Waals surface area contributed by atoms with Crippen LogP contribution in [-0.4, -0.2) is 14.7 Å². The molecule has 0 atom stereocenters. The van der Waals surface area contributed by atoms with Gasteiger partial charge in [0.2, 0.25) is 0 Å². The number of hydrogen-bond acceptors (Lipinski definition) is 2. The topological polar surface area (TPSA) is 38.0 Å². The summed E-state index contributed by atoms with van der Waals surface area (Å²) in [5.74, 6) is 0.844. The summed E-state index contributed by atoms with van der Waals surface area (Å²) >= 11 is 0. The van der Waals surface area contributed by atoms with Gasteiger partial charge in [0.1, 0.15) is 11.6 Å². The molecule has 1 N–H and O–H groups in total. The number of nitrogens with zero attached hydrogens (tertiary/aromatic N) is 2. The van der Waals surface area contributed by atoms with Gasteiger partial charge in [0.05, 0.1) is 11.0 Å². The molecule has 3 aromatic carbocycles. The summed E-state index contributed by atoms with van der Waals surface area (Å²) in [4.78, 5) is 4.75. The predicted molar refractivity (Wildman–Crippen MR) is 153 cm³/mol. The molecule has 0 spiro atoms. The highest BCUT2D eigenvalue weighted by Gasteiger charge is 2.20. The molecule has 0 bridgehead atoms. The summed E-state index contributed by atoms with van der Waals surface area (Å²) in [6, 6.07) is 19.7. The summed E-state index contributed by atoms with van der Waals surface area (Å²) in [5, 5.41) is 12.5. The highest BCUT2D eigenvalue weighted by Crippen LogP contribution is 2.38. The molecular formula is C33H36N2O. The van der Waals surface area contributed by atoms with E-state index in [1.165, 1.54) is 5.56 Å². The zero-order valence-corrected chi connectivity index (χ0v) is 22.2. The molecule has 184 valence electrons. The zero-order valence-electron chi connectivity index (χ0n) is 25.2. The van der Waals surface area contributed by atoms with Crippen LogP contribution in [0.4, 0.5) is 0 Å². The molecule has 2 aromatic heterocycles. The number of benzene rings is 3. The standard InChI is InChI=1S/C33H36N2O/c1-20-15-24(33(6,7)8)16-21(2)31(20)22-13-14-34-30(17-22)35-28-18-23(32(3,4)5)9-11-26(28)27-12-10-25(36)19-29(27)35/h9-19,36H,1-8H3/i1D3. The van der Waals surface area contributed by atoms with Crippen molar-refractivity contribution in [3.8, 4) is 22.7 Å². The Kier molecular flexibility index (Phi) is 4.71. The first kappa shape index (κ1) is 20.6. The number of aromatic nitrogens is 2. The van der Waals surface area contributed by atoms with Crippen molar-refractivity contribution in [1.29, 1.82) is 0 Å². The van der Waals surface area contributed by atoms with E-state index in [1.807, 2.05) is 31.2 Å². The van der Waals surface area contributed by atoms with Crippen molar-refractivity contribution in [3.05, 3.63) is 89.1 Å². The number of aryl methyl sites for hydroxylation is 2. The SMILES string of the molecule is [2H]C([2H])([2H])c1cc(C(C)(C)C)cc(C)c1-c1ccnc(-n2c3cc(O)ccc3c3ccc(C(C)(C)C)cc32)c1. The molecule has 2 heterocycles. The Bertz CT molecular complexity index is 1730. The molecule has 0 radical (unpaired) electrons. The van der Waals surface area contributed by atoms with Crippen LogP contribution in [0.5, 0.6) is 5.75 Å². The van der Waals surface area contributed by atoms with Gasteiger partial charge in [0.15, 0.2) is 0 Å². The van der Waals surface area contributed by atoms with Crippen LogP contribution >= 0.6 is 0 Å². The lowest BCUT2D eigenvalue weighted by Crippen LogP contribution is -2.12. The Morgan fingerprint density at radius 2 is 1.39 bits per heavy atom. The average Bonchev–Trinajstić information content (AvgIpc) is 3.14. The van der Waals surface area contributed by atoms with Crippen LogP contribution in [-0.2, 0) is 10.8 Å². The second-order valence-corrected chi connectivity index (χ2v) is 11.9. The molecule has 5 rings (SSSR count). The maximum Gasteiger partial charge on any atom is 0.138 e. The minimum absolute atomic E-state index is 0.0482. The smallest absolute Gasteiger partial charge is 0.138 e. The van der Waals surface area contributed by atoms with E-state index in [1.54, 1.807) is 18.3 Å². The average molecular weight is 480 g/mol. The Morgan fingerprint density at radius 3 is 2.06 bits per heavy atom. The molecule has 3 heteroatoms. The van der Waals surface area contributed by atoms with E-state index >= 15 is 0 Å². The lowest BCUT2D eigenvalue weighted by molar-refractivity contribution is 0.476. The summed E-state index contributed by atoms with van der Waals surface area (Å²) in [6.07, 6.45) is 1.74. The van der Waals surface area contributed by atoms with Gasteiger partial charge >= 0.3 is 0 Å². The summed E-state index contributed by atoms with van der Waals surface area (Å²) in [5.41, 5.74) is 6.57. The second kappa shape index (κ2) is 8.23. The highest BCUT2D eigenvalue weighted by molar-refractivity contribution is 6.09. The molecule has 3 nitrogen and oxygen atoms in total. The van der Waals surface area contributed by atoms with Crippen molar-refractivity contribution in [2.45, 2.75) is 66.1 Å². The van der Waals surface area contributed by atoms with Crippen LogP contribution in [0.25, 0.3) is 38.8 Å². The van der Waals surface area contributed by atoms with Crippen molar-refractivity contribution < 1.29 is 9.22 Å². The van der Waals surface area contributed by atoms with E-state index in [-0.39, 0.29) is 16.6 Å². The van der Waals surface area contributed by atoms with Gasteiger partial charge in [-0.25, -0.2) is 4.98 Å². The fourth-order valence-corrected chi connectivity index (χ4v) is 5.02. The van der Waals surface area contributed by atoms with Crippen LogP contribution in [0.15, 0.2) is 66.9 Å². The maximum absolute atomic E-state index is 10.4. The van der Waals surface area contributed by atoms with E-state index < -0.39 is 6.85 Å². The Balaban J connectivity index is 1.82. The largest absolute Gasteiger partial charge is 0.508 e. The third-order valence-electron chi connectivity index (χ3n) is 7.08. The normalized spacial score (nSPS) is 14.1. The minimum atomic E-state index is -2.27. The van der Waals surface area contributed by atoms with Crippen LogP contribution in [0, 0.1) is 13.8 Å². The van der Waals surface area contributed by atoms with Crippen molar-refractivity contribution in [1.82, 2.24) is 9.55 Å². The summed E-state index contributed by atoms with van der Waals surface area (Å²) < 4.78 is 27.1. The fraction of sp³-hybridized carbons (Fsp3) is 0.303. The van der Waals surface area contributed by atoms with Crippen LogP contribution in [0.1, 0.15) is 67.9 Å². The van der Waals surface area contributed by atoms with E-state index in [2.05, 4.69) is 70.4 Å². The lowest BCUT2D eigenvalue weighted by atomic mass is 9.83. The number of pyridine rings is 1. The molecule has 5 aromatic rings. The Labute approximate surface area is 218 Å². The second-order valence-electron chi connectivity index (χ2n) is 11.9. The van der Waals surface area contributed by atoms with Crippen molar-refractivity contribution in [2.24, 2.45) is 0 Å². The molecule has 0 saturated heterocycles. The monoisotopic (exact) mass is 479 g/mol. The number of phenols is 1. The zero-order chi connectivity index (χ0) is 28.5. The van der Waals surface area contributed by atoms with Gasteiger partial charge in [-0.05, 0) is 88.3 Å². The van der Waals surface area contributed by atoms with Gasteiger partial charge < -0.3 is 5.11 Å². The van der Waals surface area contributed by atoms with Crippen molar-refractivity contribution in [3.63, 3.8) is 0 Å².